The van der Waals surface area contributed by atoms with Crippen LogP contribution in [0.5, 0.6) is 5.75 Å². The quantitative estimate of drug-likeness (QED) is 0.525. The Labute approximate surface area is 179 Å². The van der Waals surface area contributed by atoms with Gasteiger partial charge in [-0.25, -0.2) is 4.98 Å². The number of aromatic amines is 1. The van der Waals surface area contributed by atoms with Crippen LogP contribution in [0.4, 0.5) is 0 Å². The Hall–Kier alpha value is -2.04. The van der Waals surface area contributed by atoms with E-state index in [0.29, 0.717) is 5.92 Å². The first-order valence-electron chi connectivity index (χ1n) is 10.6. The SMILES string of the molecule is CCCC.COc1ccccc1C1CCN(Cc2nc3ccc(Cl)cc3[nH]2)CC1. The molecule has 0 bridgehead atoms. The van der Waals surface area contributed by atoms with Crippen LogP contribution < -0.4 is 4.74 Å². The average molecular weight is 414 g/mol. The topological polar surface area (TPSA) is 41.1 Å². The number of rotatable bonds is 5. The Morgan fingerprint density at radius 3 is 2.52 bits per heavy atom. The van der Waals surface area contributed by atoms with Crippen molar-refractivity contribution in [3.63, 3.8) is 0 Å². The molecule has 0 unspecified atom stereocenters. The van der Waals surface area contributed by atoms with Gasteiger partial charge in [0.25, 0.3) is 0 Å². The summed E-state index contributed by atoms with van der Waals surface area (Å²) in [7, 11) is 1.75. The molecular formula is C24H32ClN3O. The highest BCUT2D eigenvalue weighted by Crippen LogP contribution is 2.34. The van der Waals surface area contributed by atoms with E-state index in [2.05, 4.69) is 46.9 Å². The number of unbranched alkanes of at least 4 members (excludes halogenated alkanes) is 1. The molecule has 1 aliphatic rings. The van der Waals surface area contributed by atoms with Gasteiger partial charge in [-0.1, -0.05) is 56.5 Å². The lowest BCUT2D eigenvalue weighted by atomic mass is 9.89. The minimum Gasteiger partial charge on any atom is -0.496 e. The van der Waals surface area contributed by atoms with Crippen molar-refractivity contribution in [1.29, 1.82) is 0 Å². The van der Waals surface area contributed by atoms with Gasteiger partial charge in [0.2, 0.25) is 0 Å². The summed E-state index contributed by atoms with van der Waals surface area (Å²) in [6.45, 7) is 7.35. The number of piperidine rings is 1. The fourth-order valence-corrected chi connectivity index (χ4v) is 3.90. The number of methoxy groups -OCH3 is 1. The molecule has 1 aromatic heterocycles. The Morgan fingerprint density at radius 1 is 1.10 bits per heavy atom. The van der Waals surface area contributed by atoms with Gasteiger partial charge in [-0.2, -0.15) is 0 Å². The number of para-hydroxylation sites is 1. The molecule has 1 N–H and O–H groups in total. The van der Waals surface area contributed by atoms with Crippen LogP contribution in [0.25, 0.3) is 11.0 Å². The van der Waals surface area contributed by atoms with Crippen molar-refractivity contribution in [1.82, 2.24) is 14.9 Å². The first kappa shape index (κ1) is 21.7. The number of benzene rings is 2. The summed E-state index contributed by atoms with van der Waals surface area (Å²) in [5.41, 5.74) is 3.32. The van der Waals surface area contributed by atoms with Gasteiger partial charge in [0, 0.05) is 5.02 Å². The summed E-state index contributed by atoms with van der Waals surface area (Å²) >= 11 is 6.05. The number of likely N-dealkylation sites (tertiary alicyclic amines) is 1. The van der Waals surface area contributed by atoms with E-state index in [0.717, 1.165) is 60.1 Å². The zero-order chi connectivity index (χ0) is 20.6. The van der Waals surface area contributed by atoms with E-state index < -0.39 is 0 Å². The van der Waals surface area contributed by atoms with Crippen LogP contribution in [0.2, 0.25) is 5.02 Å². The Bertz CT molecular complexity index is 898. The van der Waals surface area contributed by atoms with Gasteiger partial charge in [0.1, 0.15) is 11.6 Å². The normalized spacial score (nSPS) is 15.2. The summed E-state index contributed by atoms with van der Waals surface area (Å²) in [5, 5.41) is 0.736. The van der Waals surface area contributed by atoms with Gasteiger partial charge in [0.05, 0.1) is 24.7 Å². The smallest absolute Gasteiger partial charge is 0.122 e. The second-order valence-electron chi connectivity index (χ2n) is 7.64. The third kappa shape index (κ3) is 5.74. The minimum absolute atomic E-state index is 0.571. The molecule has 0 atom stereocenters. The molecule has 4 rings (SSSR count). The summed E-state index contributed by atoms with van der Waals surface area (Å²) in [4.78, 5) is 10.5. The van der Waals surface area contributed by atoms with Crippen molar-refractivity contribution in [2.45, 2.75) is 52.0 Å². The third-order valence-electron chi connectivity index (χ3n) is 5.53. The molecule has 1 saturated heterocycles. The molecule has 4 nitrogen and oxygen atoms in total. The largest absolute Gasteiger partial charge is 0.496 e. The number of ether oxygens (including phenoxy) is 1. The summed E-state index contributed by atoms with van der Waals surface area (Å²) < 4.78 is 5.52. The average Bonchev–Trinajstić information content (AvgIpc) is 3.15. The summed E-state index contributed by atoms with van der Waals surface area (Å²) in [6.07, 6.45) is 4.93. The first-order chi connectivity index (χ1) is 14.1. The number of aromatic nitrogens is 2. The van der Waals surface area contributed by atoms with Crippen LogP contribution in [0.15, 0.2) is 42.5 Å². The molecule has 0 spiro atoms. The van der Waals surface area contributed by atoms with E-state index in [1.807, 2.05) is 24.3 Å². The van der Waals surface area contributed by atoms with E-state index >= 15 is 0 Å². The van der Waals surface area contributed by atoms with Crippen molar-refractivity contribution < 1.29 is 4.74 Å². The first-order valence-corrected chi connectivity index (χ1v) is 11.0. The number of imidazole rings is 1. The molecule has 156 valence electrons. The molecule has 1 fully saturated rings. The number of nitrogens with one attached hydrogen (secondary N) is 1. The van der Waals surface area contributed by atoms with E-state index in [1.165, 1.54) is 18.4 Å². The molecule has 0 amide bonds. The van der Waals surface area contributed by atoms with Crippen molar-refractivity contribution in [2.24, 2.45) is 0 Å². The van der Waals surface area contributed by atoms with Crippen molar-refractivity contribution >= 4 is 22.6 Å². The fourth-order valence-electron chi connectivity index (χ4n) is 3.73. The van der Waals surface area contributed by atoms with Crippen molar-refractivity contribution in [3.05, 3.63) is 58.9 Å². The van der Waals surface area contributed by atoms with Crippen LogP contribution in [0, 0.1) is 0 Å². The minimum atomic E-state index is 0.571. The maximum absolute atomic E-state index is 6.05. The van der Waals surface area contributed by atoms with Gasteiger partial charge in [-0.3, -0.25) is 4.90 Å². The summed E-state index contributed by atoms with van der Waals surface area (Å²) in [5.74, 6) is 2.59. The molecular weight excluding hydrogens is 382 g/mol. The lowest BCUT2D eigenvalue weighted by molar-refractivity contribution is 0.199. The molecule has 2 aromatic carbocycles. The standard InChI is InChI=1S/C20H22ClN3O.C4H10/c1-25-19-5-3-2-4-16(19)14-8-10-24(11-9-14)13-20-22-17-7-6-15(21)12-18(17)23-20;1-3-4-2/h2-7,12,14H,8-11,13H2,1H3,(H,22,23);3-4H2,1-2H3. The van der Waals surface area contributed by atoms with Gasteiger partial charge in [-0.05, 0) is 61.7 Å². The lowest BCUT2D eigenvalue weighted by Crippen LogP contribution is -2.32. The molecule has 0 aliphatic carbocycles. The maximum Gasteiger partial charge on any atom is 0.122 e. The molecule has 29 heavy (non-hydrogen) atoms. The summed E-state index contributed by atoms with van der Waals surface area (Å²) in [6, 6.07) is 14.2. The number of nitrogens with zero attached hydrogens (tertiary/aromatic N) is 2. The van der Waals surface area contributed by atoms with E-state index in [4.69, 9.17) is 16.3 Å². The van der Waals surface area contributed by atoms with Crippen molar-refractivity contribution in [3.8, 4) is 5.75 Å². The zero-order valence-corrected chi connectivity index (χ0v) is 18.5. The van der Waals surface area contributed by atoms with Gasteiger partial charge < -0.3 is 9.72 Å². The van der Waals surface area contributed by atoms with Crippen LogP contribution in [0.3, 0.4) is 0 Å². The number of hydrogen-bond acceptors (Lipinski definition) is 3. The molecule has 5 heteroatoms. The van der Waals surface area contributed by atoms with Crippen LogP contribution >= 0.6 is 11.6 Å². The van der Waals surface area contributed by atoms with Crippen LogP contribution in [0.1, 0.15) is 56.8 Å². The maximum atomic E-state index is 6.05. The Balaban J connectivity index is 0.000000552. The highest BCUT2D eigenvalue weighted by atomic mass is 35.5. The molecule has 0 radical (unpaired) electrons. The van der Waals surface area contributed by atoms with Gasteiger partial charge >= 0.3 is 0 Å². The second kappa shape index (κ2) is 10.7. The monoisotopic (exact) mass is 413 g/mol. The zero-order valence-electron chi connectivity index (χ0n) is 17.7. The third-order valence-corrected chi connectivity index (χ3v) is 5.77. The van der Waals surface area contributed by atoms with E-state index in [9.17, 15) is 0 Å². The molecule has 3 aromatic rings. The van der Waals surface area contributed by atoms with Gasteiger partial charge in [0.15, 0.2) is 0 Å². The second-order valence-corrected chi connectivity index (χ2v) is 8.07. The predicted molar refractivity (Wildman–Crippen MR) is 122 cm³/mol. The van der Waals surface area contributed by atoms with Crippen LogP contribution in [-0.2, 0) is 6.54 Å². The fraction of sp³-hybridized carbons (Fsp3) is 0.458. The van der Waals surface area contributed by atoms with Crippen molar-refractivity contribution in [2.75, 3.05) is 20.2 Å². The number of hydrogen-bond donors (Lipinski definition) is 1. The molecule has 2 heterocycles. The lowest BCUT2D eigenvalue weighted by Gasteiger charge is -2.32. The molecule has 0 saturated carbocycles. The number of H-pyrrole nitrogens is 1. The van der Waals surface area contributed by atoms with Crippen LogP contribution in [-0.4, -0.2) is 35.1 Å². The highest BCUT2D eigenvalue weighted by molar-refractivity contribution is 6.31. The highest BCUT2D eigenvalue weighted by Gasteiger charge is 2.23. The van der Waals surface area contributed by atoms with E-state index in [1.54, 1.807) is 7.11 Å². The Kier molecular flexibility index (Phi) is 7.96. The number of halogens is 1. The Morgan fingerprint density at radius 2 is 1.83 bits per heavy atom. The van der Waals surface area contributed by atoms with Gasteiger partial charge in [-0.15, -0.1) is 0 Å². The predicted octanol–water partition coefficient (Wildman–Crippen LogP) is 6.41. The number of fused-ring (bicyclic) bond motifs is 1. The molecule has 1 aliphatic heterocycles. The van der Waals surface area contributed by atoms with E-state index in [-0.39, 0.29) is 0 Å².